The van der Waals surface area contributed by atoms with Crippen LogP contribution in [0, 0.1) is 5.92 Å². The molecule has 1 aliphatic heterocycles. The summed E-state index contributed by atoms with van der Waals surface area (Å²) in [6.45, 7) is 9.13. The first-order chi connectivity index (χ1) is 7.09. The van der Waals surface area contributed by atoms with Crippen LogP contribution in [-0.4, -0.2) is 43.3 Å². The molecule has 4 heteroatoms. The molecule has 15 heavy (non-hydrogen) atoms. The maximum absolute atomic E-state index is 11.7. The largest absolute Gasteiger partial charge is 0.375 e. The lowest BCUT2D eigenvalue weighted by Crippen LogP contribution is -2.49. The normalized spacial score (nSPS) is 21.9. The van der Waals surface area contributed by atoms with Gasteiger partial charge in [-0.25, -0.2) is 4.79 Å². The predicted molar refractivity (Wildman–Crippen MR) is 59.8 cm³/mol. The van der Waals surface area contributed by atoms with E-state index < -0.39 is 0 Å². The molecular weight excluding hydrogens is 192 g/mol. The van der Waals surface area contributed by atoms with Crippen LogP contribution in [-0.2, 0) is 4.74 Å². The molecule has 1 aliphatic rings. The number of ether oxygens (including phenoxy) is 1. The van der Waals surface area contributed by atoms with Crippen LogP contribution in [0.4, 0.5) is 4.79 Å². The summed E-state index contributed by atoms with van der Waals surface area (Å²) in [4.78, 5) is 13.5. The fourth-order valence-electron chi connectivity index (χ4n) is 1.58. The molecule has 0 bridgehead atoms. The van der Waals surface area contributed by atoms with Crippen LogP contribution in [0.5, 0.6) is 0 Å². The Hall–Kier alpha value is -0.770. The van der Waals surface area contributed by atoms with E-state index in [1.54, 1.807) is 0 Å². The van der Waals surface area contributed by atoms with Crippen LogP contribution in [0.15, 0.2) is 0 Å². The van der Waals surface area contributed by atoms with Gasteiger partial charge in [-0.15, -0.1) is 0 Å². The summed E-state index contributed by atoms with van der Waals surface area (Å²) in [7, 11) is 0. The molecule has 88 valence electrons. The van der Waals surface area contributed by atoms with Crippen molar-refractivity contribution in [3.8, 4) is 0 Å². The fraction of sp³-hybridized carbons (Fsp3) is 0.909. The van der Waals surface area contributed by atoms with Crippen molar-refractivity contribution in [1.29, 1.82) is 0 Å². The molecule has 4 nitrogen and oxygen atoms in total. The molecular formula is C11H22N2O2. The number of hydrogen-bond acceptors (Lipinski definition) is 2. The number of carbonyl (C=O) groups is 1. The van der Waals surface area contributed by atoms with Gasteiger partial charge in [-0.3, -0.25) is 0 Å². The number of carbonyl (C=O) groups excluding carboxylic acids is 1. The summed E-state index contributed by atoms with van der Waals surface area (Å²) < 4.78 is 5.38. The number of urea groups is 1. The van der Waals surface area contributed by atoms with Gasteiger partial charge in [0, 0.05) is 19.6 Å². The van der Waals surface area contributed by atoms with E-state index in [9.17, 15) is 4.79 Å². The zero-order valence-electron chi connectivity index (χ0n) is 9.95. The molecule has 1 fully saturated rings. The highest BCUT2D eigenvalue weighted by molar-refractivity contribution is 5.74. The molecule has 1 N–H and O–H groups in total. The minimum atomic E-state index is 0.0470. The Morgan fingerprint density at radius 1 is 1.60 bits per heavy atom. The highest BCUT2D eigenvalue weighted by atomic mass is 16.5. The fourth-order valence-corrected chi connectivity index (χ4v) is 1.58. The molecule has 0 aromatic rings. The van der Waals surface area contributed by atoms with Crippen LogP contribution in [0.25, 0.3) is 0 Å². The lowest BCUT2D eigenvalue weighted by Gasteiger charge is -2.31. The van der Waals surface area contributed by atoms with Crippen molar-refractivity contribution < 1.29 is 9.53 Å². The first kappa shape index (κ1) is 12.3. The monoisotopic (exact) mass is 214 g/mol. The SMILES string of the molecule is CC(C)CCNC(=O)N1CCOC(C)C1. The standard InChI is InChI=1S/C11H22N2O2/c1-9(2)4-5-12-11(14)13-6-7-15-10(3)8-13/h9-10H,4-8H2,1-3H3,(H,12,14). The van der Waals surface area contributed by atoms with E-state index in [1.807, 2.05) is 11.8 Å². The first-order valence-electron chi connectivity index (χ1n) is 5.74. The molecule has 0 spiro atoms. The van der Waals surface area contributed by atoms with Crippen molar-refractivity contribution in [1.82, 2.24) is 10.2 Å². The summed E-state index contributed by atoms with van der Waals surface area (Å²) >= 11 is 0. The number of nitrogens with one attached hydrogen (secondary N) is 1. The zero-order valence-corrected chi connectivity index (χ0v) is 9.95. The average molecular weight is 214 g/mol. The van der Waals surface area contributed by atoms with E-state index in [4.69, 9.17) is 4.74 Å². The van der Waals surface area contributed by atoms with E-state index in [0.29, 0.717) is 25.6 Å². The minimum absolute atomic E-state index is 0.0470. The zero-order chi connectivity index (χ0) is 11.3. The van der Waals surface area contributed by atoms with Gasteiger partial charge >= 0.3 is 6.03 Å². The Kier molecular flexibility index (Phi) is 4.88. The van der Waals surface area contributed by atoms with Gasteiger partial charge in [0.15, 0.2) is 0 Å². The topological polar surface area (TPSA) is 41.6 Å². The Labute approximate surface area is 92.0 Å². The molecule has 1 rings (SSSR count). The van der Waals surface area contributed by atoms with E-state index in [-0.39, 0.29) is 12.1 Å². The molecule has 0 aromatic carbocycles. The lowest BCUT2D eigenvalue weighted by molar-refractivity contribution is -0.00347. The van der Waals surface area contributed by atoms with Gasteiger partial charge in [0.05, 0.1) is 12.7 Å². The highest BCUT2D eigenvalue weighted by Gasteiger charge is 2.20. The summed E-state index contributed by atoms with van der Waals surface area (Å²) in [6.07, 6.45) is 1.20. The summed E-state index contributed by atoms with van der Waals surface area (Å²) in [5.74, 6) is 0.633. The molecule has 0 aliphatic carbocycles. The van der Waals surface area contributed by atoms with Crippen molar-refractivity contribution in [3.63, 3.8) is 0 Å². The Bertz CT molecular complexity index is 207. The van der Waals surface area contributed by atoms with Crippen LogP contribution >= 0.6 is 0 Å². The van der Waals surface area contributed by atoms with Gasteiger partial charge in [0.25, 0.3) is 0 Å². The Balaban J connectivity index is 2.21. The van der Waals surface area contributed by atoms with Crippen LogP contribution in [0.3, 0.4) is 0 Å². The number of rotatable bonds is 3. The quantitative estimate of drug-likeness (QED) is 0.773. The number of amides is 2. The van der Waals surface area contributed by atoms with E-state index in [1.165, 1.54) is 0 Å². The maximum Gasteiger partial charge on any atom is 0.317 e. The third-order valence-corrected chi connectivity index (χ3v) is 2.53. The number of morpholine rings is 1. The summed E-state index contributed by atoms with van der Waals surface area (Å²) in [5, 5.41) is 2.94. The van der Waals surface area contributed by atoms with Crippen molar-refractivity contribution >= 4 is 6.03 Å². The molecule has 1 atom stereocenters. The third-order valence-electron chi connectivity index (χ3n) is 2.53. The maximum atomic E-state index is 11.7. The molecule has 1 unspecified atom stereocenters. The van der Waals surface area contributed by atoms with Gasteiger partial charge in [-0.1, -0.05) is 13.8 Å². The van der Waals surface area contributed by atoms with E-state index in [0.717, 1.165) is 13.0 Å². The molecule has 0 saturated carbocycles. The Morgan fingerprint density at radius 2 is 2.33 bits per heavy atom. The van der Waals surface area contributed by atoms with Crippen LogP contribution in [0.1, 0.15) is 27.2 Å². The molecule has 0 radical (unpaired) electrons. The van der Waals surface area contributed by atoms with Gasteiger partial charge in [0.1, 0.15) is 0 Å². The van der Waals surface area contributed by atoms with Gasteiger partial charge in [0.2, 0.25) is 0 Å². The van der Waals surface area contributed by atoms with Gasteiger partial charge < -0.3 is 15.0 Å². The van der Waals surface area contributed by atoms with Gasteiger partial charge in [-0.05, 0) is 19.3 Å². The summed E-state index contributed by atoms with van der Waals surface area (Å²) in [6, 6.07) is 0.0470. The number of nitrogens with zero attached hydrogens (tertiary/aromatic N) is 1. The van der Waals surface area contributed by atoms with E-state index in [2.05, 4.69) is 19.2 Å². The van der Waals surface area contributed by atoms with E-state index >= 15 is 0 Å². The van der Waals surface area contributed by atoms with Crippen LogP contribution in [0.2, 0.25) is 0 Å². The van der Waals surface area contributed by atoms with Crippen molar-refractivity contribution in [2.45, 2.75) is 33.3 Å². The molecule has 1 heterocycles. The second-order valence-corrected chi connectivity index (χ2v) is 4.54. The smallest absolute Gasteiger partial charge is 0.317 e. The van der Waals surface area contributed by atoms with Crippen molar-refractivity contribution in [2.75, 3.05) is 26.2 Å². The number of hydrogen-bond donors (Lipinski definition) is 1. The molecule has 0 aromatic heterocycles. The van der Waals surface area contributed by atoms with Crippen molar-refractivity contribution in [2.24, 2.45) is 5.92 Å². The van der Waals surface area contributed by atoms with Gasteiger partial charge in [-0.2, -0.15) is 0 Å². The first-order valence-corrected chi connectivity index (χ1v) is 5.74. The molecule has 1 saturated heterocycles. The lowest BCUT2D eigenvalue weighted by atomic mass is 10.1. The Morgan fingerprint density at radius 3 is 2.93 bits per heavy atom. The van der Waals surface area contributed by atoms with Crippen LogP contribution < -0.4 is 5.32 Å². The second-order valence-electron chi connectivity index (χ2n) is 4.54. The van der Waals surface area contributed by atoms with Crippen molar-refractivity contribution in [3.05, 3.63) is 0 Å². The average Bonchev–Trinajstić information content (AvgIpc) is 2.17. The minimum Gasteiger partial charge on any atom is -0.375 e. The third kappa shape index (κ3) is 4.51. The predicted octanol–water partition coefficient (Wildman–Crippen LogP) is 1.46. The summed E-state index contributed by atoms with van der Waals surface area (Å²) in [5.41, 5.74) is 0. The second kappa shape index (κ2) is 5.95. The molecule has 2 amide bonds. The highest BCUT2D eigenvalue weighted by Crippen LogP contribution is 2.04.